The van der Waals surface area contributed by atoms with Crippen molar-refractivity contribution >= 4 is 43.7 Å². The highest BCUT2D eigenvalue weighted by Crippen LogP contribution is 2.51. The van der Waals surface area contributed by atoms with E-state index in [-0.39, 0.29) is 5.41 Å². The first kappa shape index (κ1) is 26.4. The molecule has 0 fully saturated rings. The monoisotopic (exact) mass is 601 g/mol. The van der Waals surface area contributed by atoms with Crippen molar-refractivity contribution in [1.82, 2.24) is 4.57 Å². The van der Waals surface area contributed by atoms with E-state index in [1.54, 1.807) is 0 Å². The number of hydrogen-bond acceptors (Lipinski definition) is 1. The Morgan fingerprint density at radius 1 is 0.447 bits per heavy atom. The van der Waals surface area contributed by atoms with Gasteiger partial charge in [-0.3, -0.25) is 0 Å². The fourth-order valence-electron chi connectivity index (χ4n) is 8.06. The lowest BCUT2D eigenvalue weighted by molar-refractivity contribution is 0.661. The van der Waals surface area contributed by atoms with Crippen LogP contribution in [0.3, 0.4) is 0 Å². The van der Waals surface area contributed by atoms with Gasteiger partial charge < -0.3 is 8.98 Å². The summed E-state index contributed by atoms with van der Waals surface area (Å²) in [6, 6.07) is 55.1. The first-order valence-electron chi connectivity index (χ1n) is 16.4. The molecular formula is C45H31NO. The molecule has 2 aromatic heterocycles. The molecule has 0 N–H and O–H groups in total. The van der Waals surface area contributed by atoms with E-state index < -0.39 is 0 Å². The fourth-order valence-corrected chi connectivity index (χ4v) is 8.06. The van der Waals surface area contributed by atoms with Crippen LogP contribution in [-0.2, 0) is 5.41 Å². The number of benzene rings is 7. The average molecular weight is 602 g/mol. The van der Waals surface area contributed by atoms with Crippen molar-refractivity contribution in [3.05, 3.63) is 163 Å². The zero-order valence-electron chi connectivity index (χ0n) is 26.3. The van der Waals surface area contributed by atoms with Gasteiger partial charge in [-0.15, -0.1) is 0 Å². The molecule has 0 saturated carbocycles. The molecule has 1 aliphatic rings. The van der Waals surface area contributed by atoms with Crippen molar-refractivity contribution < 1.29 is 4.42 Å². The van der Waals surface area contributed by atoms with Gasteiger partial charge in [-0.2, -0.15) is 0 Å². The number of rotatable bonds is 3. The van der Waals surface area contributed by atoms with Crippen molar-refractivity contribution in [1.29, 1.82) is 0 Å². The van der Waals surface area contributed by atoms with Crippen LogP contribution in [0.1, 0.15) is 25.0 Å². The Bertz CT molecular complexity index is 2680. The number of para-hydroxylation sites is 3. The Balaban J connectivity index is 1.05. The molecule has 47 heavy (non-hydrogen) atoms. The van der Waals surface area contributed by atoms with Gasteiger partial charge in [0.05, 0.1) is 11.0 Å². The van der Waals surface area contributed by atoms with Gasteiger partial charge in [-0.1, -0.05) is 129 Å². The molecule has 0 bridgehead atoms. The van der Waals surface area contributed by atoms with Gasteiger partial charge in [-0.25, -0.2) is 0 Å². The van der Waals surface area contributed by atoms with Crippen molar-refractivity contribution in [2.75, 3.05) is 0 Å². The molecule has 2 heteroatoms. The van der Waals surface area contributed by atoms with E-state index in [0.717, 1.165) is 33.1 Å². The Hall–Kier alpha value is -5.86. The Labute approximate surface area is 273 Å². The second-order valence-corrected chi connectivity index (χ2v) is 13.3. The van der Waals surface area contributed by atoms with Crippen LogP contribution < -0.4 is 0 Å². The predicted octanol–water partition coefficient (Wildman–Crippen LogP) is 12.3. The molecule has 2 heterocycles. The predicted molar refractivity (Wildman–Crippen MR) is 196 cm³/mol. The topological polar surface area (TPSA) is 18.1 Å². The molecule has 0 atom stereocenters. The zero-order valence-corrected chi connectivity index (χ0v) is 26.3. The molecule has 0 amide bonds. The van der Waals surface area contributed by atoms with Crippen LogP contribution in [0, 0.1) is 0 Å². The quantitative estimate of drug-likeness (QED) is 0.197. The van der Waals surface area contributed by atoms with Gasteiger partial charge in [0.1, 0.15) is 11.2 Å². The summed E-state index contributed by atoms with van der Waals surface area (Å²) in [6.07, 6.45) is 0. The summed E-state index contributed by atoms with van der Waals surface area (Å²) < 4.78 is 8.74. The molecule has 0 aliphatic heterocycles. The van der Waals surface area contributed by atoms with Crippen LogP contribution >= 0.6 is 0 Å². The van der Waals surface area contributed by atoms with Crippen molar-refractivity contribution in [2.45, 2.75) is 19.3 Å². The molecule has 0 saturated heterocycles. The lowest BCUT2D eigenvalue weighted by Crippen LogP contribution is -2.14. The van der Waals surface area contributed by atoms with Gasteiger partial charge in [0.25, 0.3) is 0 Å². The maximum atomic E-state index is 6.31. The van der Waals surface area contributed by atoms with Crippen molar-refractivity contribution in [3.63, 3.8) is 0 Å². The summed E-state index contributed by atoms with van der Waals surface area (Å²) in [5.74, 6) is 0. The third kappa shape index (κ3) is 3.73. The Morgan fingerprint density at radius 3 is 1.91 bits per heavy atom. The Morgan fingerprint density at radius 2 is 1.09 bits per heavy atom. The molecule has 9 aromatic rings. The van der Waals surface area contributed by atoms with Crippen LogP contribution in [0.2, 0.25) is 0 Å². The number of hydrogen-bond donors (Lipinski definition) is 0. The third-order valence-corrected chi connectivity index (χ3v) is 10.4. The maximum absolute atomic E-state index is 6.31. The van der Waals surface area contributed by atoms with Crippen molar-refractivity contribution in [3.8, 4) is 39.1 Å². The second-order valence-electron chi connectivity index (χ2n) is 13.3. The van der Waals surface area contributed by atoms with Crippen LogP contribution in [-0.4, -0.2) is 4.57 Å². The highest BCUT2D eigenvalue weighted by Gasteiger charge is 2.36. The van der Waals surface area contributed by atoms with Gasteiger partial charge in [-0.05, 0) is 75.3 Å². The lowest BCUT2D eigenvalue weighted by Gasteiger charge is -2.21. The summed E-state index contributed by atoms with van der Waals surface area (Å²) >= 11 is 0. The molecule has 10 rings (SSSR count). The summed E-state index contributed by atoms with van der Waals surface area (Å²) in [5, 5.41) is 4.90. The number of nitrogens with zero attached hydrogens (tertiary/aromatic N) is 1. The summed E-state index contributed by atoms with van der Waals surface area (Å²) in [5.41, 5.74) is 15.6. The van der Waals surface area contributed by atoms with E-state index in [1.807, 2.05) is 12.1 Å². The minimum atomic E-state index is -0.0287. The fraction of sp³-hybridized carbons (Fsp3) is 0.0667. The highest BCUT2D eigenvalue weighted by molar-refractivity contribution is 6.12. The normalized spacial score (nSPS) is 13.5. The summed E-state index contributed by atoms with van der Waals surface area (Å²) in [6.45, 7) is 4.71. The van der Waals surface area contributed by atoms with Crippen LogP contribution in [0.4, 0.5) is 0 Å². The summed E-state index contributed by atoms with van der Waals surface area (Å²) in [7, 11) is 0. The van der Waals surface area contributed by atoms with E-state index >= 15 is 0 Å². The largest absolute Gasteiger partial charge is 0.455 e. The van der Waals surface area contributed by atoms with E-state index in [9.17, 15) is 0 Å². The van der Waals surface area contributed by atoms with Crippen LogP contribution in [0.25, 0.3) is 82.8 Å². The van der Waals surface area contributed by atoms with Gasteiger partial charge in [0.2, 0.25) is 0 Å². The maximum Gasteiger partial charge on any atom is 0.143 e. The molecule has 2 nitrogen and oxygen atoms in total. The molecule has 1 aliphatic carbocycles. The standard InChI is InChI=1S/C45H31NO/c1-45(2)39-15-6-3-10-33(39)37-27-42-38(26-40(37)45)34-11-4-7-16-41(34)46(42)31-24-22-29(23-25-31)28-18-20-30(21-19-28)32-13-9-14-36-35-12-5-8-17-43(35)47-44(32)36/h3-27H,1-2H3. The summed E-state index contributed by atoms with van der Waals surface area (Å²) in [4.78, 5) is 0. The second kappa shape index (κ2) is 9.57. The Kier molecular flexibility index (Phi) is 5.37. The van der Waals surface area contributed by atoms with Crippen LogP contribution in [0.15, 0.2) is 156 Å². The number of fused-ring (bicyclic) bond motifs is 9. The first-order chi connectivity index (χ1) is 23.1. The minimum absolute atomic E-state index is 0.0287. The first-order valence-corrected chi connectivity index (χ1v) is 16.4. The smallest absolute Gasteiger partial charge is 0.143 e. The highest BCUT2D eigenvalue weighted by atomic mass is 16.3. The molecule has 7 aromatic carbocycles. The van der Waals surface area contributed by atoms with Gasteiger partial charge in [0.15, 0.2) is 0 Å². The third-order valence-electron chi connectivity index (χ3n) is 10.4. The molecular weight excluding hydrogens is 571 g/mol. The van der Waals surface area contributed by atoms with Crippen LogP contribution in [0.5, 0.6) is 0 Å². The molecule has 0 spiro atoms. The molecule has 0 radical (unpaired) electrons. The van der Waals surface area contributed by atoms with E-state index in [4.69, 9.17) is 4.42 Å². The van der Waals surface area contributed by atoms with Crippen molar-refractivity contribution in [2.24, 2.45) is 0 Å². The average Bonchev–Trinajstić information content (AvgIpc) is 3.73. The van der Waals surface area contributed by atoms with E-state index in [2.05, 4.69) is 158 Å². The number of aromatic nitrogens is 1. The molecule has 0 unspecified atom stereocenters. The van der Waals surface area contributed by atoms with Gasteiger partial charge in [0, 0.05) is 38.2 Å². The zero-order chi connectivity index (χ0) is 31.3. The minimum Gasteiger partial charge on any atom is -0.455 e. The van der Waals surface area contributed by atoms with E-state index in [1.165, 1.54) is 60.9 Å². The van der Waals surface area contributed by atoms with E-state index in [0.29, 0.717) is 0 Å². The molecule has 222 valence electrons. The lowest BCUT2D eigenvalue weighted by atomic mass is 9.82. The van der Waals surface area contributed by atoms with Gasteiger partial charge >= 0.3 is 0 Å². The number of furan rings is 1. The SMILES string of the molecule is CC1(C)c2ccccc2-c2cc3c(cc21)c1ccccc1n3-c1ccc(-c2ccc(-c3cccc4c3oc3ccccc34)cc2)cc1.